The zero-order chi connectivity index (χ0) is 17.3. The van der Waals surface area contributed by atoms with Gasteiger partial charge in [0.15, 0.2) is 0 Å². The third-order valence-corrected chi connectivity index (χ3v) is 6.14. The van der Waals surface area contributed by atoms with Crippen molar-refractivity contribution in [1.29, 1.82) is 0 Å². The summed E-state index contributed by atoms with van der Waals surface area (Å²) in [4.78, 5) is 15.1. The first kappa shape index (κ1) is 17.5. The molecule has 0 spiro atoms. The van der Waals surface area contributed by atoms with E-state index in [9.17, 15) is 4.79 Å². The van der Waals surface area contributed by atoms with Crippen molar-refractivity contribution in [2.45, 2.75) is 77.8 Å². The molecule has 4 nitrogen and oxygen atoms in total. The lowest BCUT2D eigenvalue weighted by Crippen LogP contribution is -2.45. The molecule has 2 fully saturated rings. The number of carbonyl (C=O) groups is 1. The largest absolute Gasteiger partial charge is 0.345 e. The first-order valence-corrected chi connectivity index (χ1v) is 9.72. The number of hydrogen-bond acceptors (Lipinski definition) is 2. The van der Waals surface area contributed by atoms with Gasteiger partial charge in [0.1, 0.15) is 0 Å². The van der Waals surface area contributed by atoms with Gasteiger partial charge < -0.3 is 15.2 Å². The van der Waals surface area contributed by atoms with Gasteiger partial charge in [0.25, 0.3) is 5.91 Å². The number of aromatic nitrogens is 1. The minimum atomic E-state index is 0.162. The predicted octanol–water partition coefficient (Wildman–Crippen LogP) is 3.81. The van der Waals surface area contributed by atoms with Crippen LogP contribution in [0.25, 0.3) is 0 Å². The Labute approximate surface area is 146 Å². The van der Waals surface area contributed by atoms with Crippen LogP contribution in [0.4, 0.5) is 0 Å². The molecule has 1 aromatic rings. The highest BCUT2D eigenvalue weighted by Crippen LogP contribution is 2.33. The van der Waals surface area contributed by atoms with E-state index >= 15 is 0 Å². The van der Waals surface area contributed by atoms with Crippen molar-refractivity contribution >= 4 is 5.91 Å². The maximum absolute atomic E-state index is 13.1. The van der Waals surface area contributed by atoms with Crippen molar-refractivity contribution in [3.63, 3.8) is 0 Å². The van der Waals surface area contributed by atoms with Gasteiger partial charge >= 0.3 is 0 Å². The molecule has 1 saturated heterocycles. The normalized spacial score (nSPS) is 24.2. The van der Waals surface area contributed by atoms with E-state index < -0.39 is 0 Å². The zero-order valence-electron chi connectivity index (χ0n) is 15.6. The summed E-state index contributed by atoms with van der Waals surface area (Å²) in [6, 6.07) is 2.86. The van der Waals surface area contributed by atoms with Gasteiger partial charge in [0.2, 0.25) is 0 Å². The summed E-state index contributed by atoms with van der Waals surface area (Å²) in [7, 11) is 0. The highest BCUT2D eigenvalue weighted by molar-refractivity contribution is 5.95. The molecule has 2 atom stereocenters. The first-order valence-electron chi connectivity index (χ1n) is 9.72. The quantitative estimate of drug-likeness (QED) is 0.915. The van der Waals surface area contributed by atoms with Crippen molar-refractivity contribution in [2.24, 2.45) is 11.7 Å². The molecular formula is C20H33N3O. The van der Waals surface area contributed by atoms with Crippen molar-refractivity contribution in [3.8, 4) is 0 Å². The second-order valence-electron chi connectivity index (χ2n) is 7.96. The smallest absolute Gasteiger partial charge is 0.255 e. The number of amides is 1. The van der Waals surface area contributed by atoms with E-state index in [0.717, 1.165) is 37.2 Å². The van der Waals surface area contributed by atoms with Crippen LogP contribution in [0.15, 0.2) is 6.07 Å². The summed E-state index contributed by atoms with van der Waals surface area (Å²) < 4.78 is 2.43. The van der Waals surface area contributed by atoms with Gasteiger partial charge in [-0.2, -0.15) is 0 Å². The average Bonchev–Trinajstić information content (AvgIpc) is 2.89. The van der Waals surface area contributed by atoms with E-state index in [1.807, 2.05) is 4.90 Å². The van der Waals surface area contributed by atoms with Crippen LogP contribution in [0.2, 0.25) is 0 Å². The molecule has 2 unspecified atom stereocenters. The van der Waals surface area contributed by atoms with Crippen LogP contribution in [-0.4, -0.2) is 34.5 Å². The van der Waals surface area contributed by atoms with Crippen molar-refractivity contribution in [2.75, 3.05) is 13.1 Å². The van der Waals surface area contributed by atoms with E-state index in [1.165, 1.54) is 37.8 Å². The molecule has 0 bridgehead atoms. The van der Waals surface area contributed by atoms with Gasteiger partial charge in [0.05, 0.1) is 5.56 Å². The number of nitrogens with zero attached hydrogens (tertiary/aromatic N) is 2. The molecule has 2 aliphatic rings. The lowest BCUT2D eigenvalue weighted by Gasteiger charge is -2.34. The molecule has 0 aromatic carbocycles. The summed E-state index contributed by atoms with van der Waals surface area (Å²) in [5.74, 6) is 0.639. The van der Waals surface area contributed by atoms with Gasteiger partial charge in [-0.15, -0.1) is 0 Å². The topological polar surface area (TPSA) is 51.3 Å². The SMILES string of the molecule is Cc1cc(C(=O)N2CCCC(C(C)N)C2)c(C)n1C1CCCCC1. The fourth-order valence-electron chi connectivity index (χ4n) is 4.69. The van der Waals surface area contributed by atoms with E-state index in [4.69, 9.17) is 5.73 Å². The molecule has 1 amide bonds. The van der Waals surface area contributed by atoms with E-state index in [2.05, 4.69) is 31.4 Å². The fourth-order valence-corrected chi connectivity index (χ4v) is 4.69. The Morgan fingerprint density at radius 3 is 2.54 bits per heavy atom. The lowest BCUT2D eigenvalue weighted by molar-refractivity contribution is 0.0660. The Bertz CT molecular complexity index is 584. The molecule has 2 heterocycles. The number of likely N-dealkylation sites (tertiary alicyclic amines) is 1. The summed E-state index contributed by atoms with van der Waals surface area (Å²) >= 11 is 0. The van der Waals surface area contributed by atoms with Crippen LogP contribution in [0.3, 0.4) is 0 Å². The monoisotopic (exact) mass is 331 g/mol. The van der Waals surface area contributed by atoms with Gasteiger partial charge in [-0.1, -0.05) is 19.3 Å². The number of aryl methyl sites for hydroxylation is 1. The Kier molecular flexibility index (Phi) is 5.33. The third-order valence-electron chi connectivity index (χ3n) is 6.14. The summed E-state index contributed by atoms with van der Waals surface area (Å²) in [5, 5.41) is 0. The average molecular weight is 332 g/mol. The molecular weight excluding hydrogens is 298 g/mol. The second-order valence-corrected chi connectivity index (χ2v) is 7.96. The van der Waals surface area contributed by atoms with Crippen LogP contribution in [0.5, 0.6) is 0 Å². The van der Waals surface area contributed by atoms with Gasteiger partial charge in [-0.25, -0.2) is 0 Å². The van der Waals surface area contributed by atoms with E-state index in [-0.39, 0.29) is 11.9 Å². The number of carbonyl (C=O) groups excluding carboxylic acids is 1. The van der Waals surface area contributed by atoms with Crippen LogP contribution in [0, 0.1) is 19.8 Å². The van der Waals surface area contributed by atoms with E-state index in [1.54, 1.807) is 0 Å². The molecule has 2 N–H and O–H groups in total. The summed E-state index contributed by atoms with van der Waals surface area (Å²) in [5.41, 5.74) is 9.39. The summed E-state index contributed by atoms with van der Waals surface area (Å²) in [6.45, 7) is 8.02. The predicted molar refractivity (Wildman–Crippen MR) is 98.3 cm³/mol. The number of rotatable bonds is 3. The highest BCUT2D eigenvalue weighted by atomic mass is 16.2. The molecule has 24 heavy (non-hydrogen) atoms. The number of piperidine rings is 1. The molecule has 4 heteroatoms. The maximum atomic E-state index is 13.1. The molecule has 1 aliphatic carbocycles. The number of hydrogen-bond donors (Lipinski definition) is 1. The van der Waals surface area contributed by atoms with Crippen LogP contribution in [0.1, 0.15) is 79.7 Å². The molecule has 134 valence electrons. The van der Waals surface area contributed by atoms with Gasteiger partial charge in [-0.3, -0.25) is 4.79 Å². The molecule has 1 aromatic heterocycles. The Morgan fingerprint density at radius 1 is 1.17 bits per heavy atom. The maximum Gasteiger partial charge on any atom is 0.255 e. The first-order chi connectivity index (χ1) is 11.5. The number of nitrogens with two attached hydrogens (primary N) is 1. The summed E-state index contributed by atoms with van der Waals surface area (Å²) in [6.07, 6.45) is 8.69. The lowest BCUT2D eigenvalue weighted by atomic mass is 9.92. The minimum Gasteiger partial charge on any atom is -0.345 e. The Balaban J connectivity index is 1.80. The standard InChI is InChI=1S/C20H33N3O/c1-14-12-19(16(3)23(14)18-9-5-4-6-10-18)20(24)22-11-7-8-17(13-22)15(2)21/h12,15,17-18H,4-11,13,21H2,1-3H3. The van der Waals surface area contributed by atoms with Crippen LogP contribution in [-0.2, 0) is 0 Å². The minimum absolute atomic E-state index is 0.162. The molecule has 1 saturated carbocycles. The molecule has 3 rings (SSSR count). The van der Waals surface area contributed by atoms with E-state index in [0.29, 0.717) is 12.0 Å². The Morgan fingerprint density at radius 2 is 1.88 bits per heavy atom. The third kappa shape index (κ3) is 3.39. The van der Waals surface area contributed by atoms with Crippen LogP contribution < -0.4 is 5.73 Å². The molecule has 0 radical (unpaired) electrons. The second kappa shape index (κ2) is 7.30. The fraction of sp³-hybridized carbons (Fsp3) is 0.750. The van der Waals surface area contributed by atoms with Crippen molar-refractivity contribution in [3.05, 3.63) is 23.0 Å². The Hall–Kier alpha value is -1.29. The van der Waals surface area contributed by atoms with Gasteiger partial charge in [-0.05, 0) is 58.4 Å². The highest BCUT2D eigenvalue weighted by Gasteiger charge is 2.29. The zero-order valence-corrected chi connectivity index (χ0v) is 15.6. The van der Waals surface area contributed by atoms with Crippen molar-refractivity contribution < 1.29 is 4.79 Å². The van der Waals surface area contributed by atoms with Crippen LogP contribution >= 0.6 is 0 Å². The van der Waals surface area contributed by atoms with Gasteiger partial charge in [0, 0.05) is 36.6 Å². The van der Waals surface area contributed by atoms with Crippen molar-refractivity contribution in [1.82, 2.24) is 9.47 Å². The molecule has 1 aliphatic heterocycles.